The summed E-state index contributed by atoms with van der Waals surface area (Å²) in [6, 6.07) is 12.7. The number of carbonyl (C=O) groups excluding carboxylic acids is 3. The molecule has 0 heterocycles. The fourth-order valence-electron chi connectivity index (χ4n) is 2.30. The van der Waals surface area contributed by atoms with Gasteiger partial charge in [0.05, 0.1) is 11.4 Å². The number of anilines is 3. The largest absolute Gasteiger partial charge is 0.326 e. The number of hydrogen-bond acceptors (Lipinski definition) is 3. The van der Waals surface area contributed by atoms with E-state index in [0.29, 0.717) is 17.1 Å². The molecule has 3 amide bonds. The zero-order chi connectivity index (χ0) is 17.7. The summed E-state index contributed by atoms with van der Waals surface area (Å²) in [5.41, 5.74) is 3.45. The van der Waals surface area contributed by atoms with Gasteiger partial charge in [0.25, 0.3) is 0 Å². The van der Waals surface area contributed by atoms with E-state index in [4.69, 9.17) is 0 Å². The first kappa shape index (κ1) is 17.2. The quantitative estimate of drug-likeness (QED) is 0.806. The molecule has 124 valence electrons. The summed E-state index contributed by atoms with van der Waals surface area (Å²) < 4.78 is 0. The molecule has 24 heavy (non-hydrogen) atoms. The lowest BCUT2D eigenvalue weighted by Crippen LogP contribution is -2.12. The number of hydrogen-bond donors (Lipinski definition) is 3. The van der Waals surface area contributed by atoms with Crippen LogP contribution in [0.3, 0.4) is 0 Å². The summed E-state index contributed by atoms with van der Waals surface area (Å²) in [5, 5.41) is 8.13. The molecule has 0 spiro atoms. The summed E-state index contributed by atoms with van der Waals surface area (Å²) in [6.07, 6.45) is 0. The second kappa shape index (κ2) is 7.41. The second-order valence-electron chi connectivity index (χ2n) is 5.38. The highest BCUT2D eigenvalue weighted by Crippen LogP contribution is 2.30. The lowest BCUT2D eigenvalue weighted by molar-refractivity contribution is -0.115. The van der Waals surface area contributed by atoms with Gasteiger partial charge in [-0.15, -0.1) is 0 Å². The van der Waals surface area contributed by atoms with Gasteiger partial charge in [0.1, 0.15) is 0 Å². The maximum Gasteiger partial charge on any atom is 0.221 e. The Labute approximate surface area is 140 Å². The van der Waals surface area contributed by atoms with Gasteiger partial charge in [-0.25, -0.2) is 0 Å². The Morgan fingerprint density at radius 1 is 0.667 bits per heavy atom. The van der Waals surface area contributed by atoms with Crippen molar-refractivity contribution in [2.75, 3.05) is 16.0 Å². The molecule has 3 N–H and O–H groups in total. The van der Waals surface area contributed by atoms with Crippen molar-refractivity contribution in [3.63, 3.8) is 0 Å². The van der Waals surface area contributed by atoms with Gasteiger partial charge in [0.15, 0.2) is 0 Å². The molecule has 0 aliphatic heterocycles. The van der Waals surface area contributed by atoms with Crippen molar-refractivity contribution in [2.24, 2.45) is 0 Å². The van der Waals surface area contributed by atoms with Gasteiger partial charge in [-0.3, -0.25) is 14.4 Å². The third-order valence-corrected chi connectivity index (χ3v) is 3.16. The number of rotatable bonds is 4. The predicted molar refractivity (Wildman–Crippen MR) is 94.8 cm³/mol. The monoisotopic (exact) mass is 325 g/mol. The van der Waals surface area contributed by atoms with E-state index in [0.717, 1.165) is 11.1 Å². The maximum atomic E-state index is 11.4. The highest BCUT2D eigenvalue weighted by Gasteiger charge is 2.09. The van der Waals surface area contributed by atoms with Crippen molar-refractivity contribution in [1.82, 2.24) is 0 Å². The Bertz CT molecular complexity index is 800. The van der Waals surface area contributed by atoms with Crippen molar-refractivity contribution in [1.29, 1.82) is 0 Å². The molecule has 0 saturated heterocycles. The third-order valence-electron chi connectivity index (χ3n) is 3.16. The molecule has 0 unspecified atom stereocenters. The summed E-state index contributed by atoms with van der Waals surface area (Å²) in [6.45, 7) is 4.26. The Hall–Kier alpha value is -3.15. The van der Waals surface area contributed by atoms with E-state index in [1.807, 2.05) is 24.3 Å². The molecule has 6 nitrogen and oxygen atoms in total. The van der Waals surface area contributed by atoms with Crippen molar-refractivity contribution in [2.45, 2.75) is 20.8 Å². The van der Waals surface area contributed by atoms with Crippen LogP contribution >= 0.6 is 0 Å². The van der Waals surface area contributed by atoms with Gasteiger partial charge in [-0.2, -0.15) is 0 Å². The lowest BCUT2D eigenvalue weighted by Gasteiger charge is -2.13. The van der Waals surface area contributed by atoms with Crippen LogP contribution in [-0.4, -0.2) is 17.7 Å². The molecule has 0 aliphatic carbocycles. The van der Waals surface area contributed by atoms with Crippen LogP contribution < -0.4 is 16.0 Å². The van der Waals surface area contributed by atoms with Crippen LogP contribution in [0.25, 0.3) is 11.1 Å². The Morgan fingerprint density at radius 2 is 1.25 bits per heavy atom. The van der Waals surface area contributed by atoms with E-state index in [1.54, 1.807) is 18.2 Å². The second-order valence-corrected chi connectivity index (χ2v) is 5.38. The number of benzene rings is 2. The van der Waals surface area contributed by atoms with Crippen molar-refractivity contribution in [3.05, 3.63) is 42.5 Å². The van der Waals surface area contributed by atoms with Crippen LogP contribution in [0.5, 0.6) is 0 Å². The lowest BCUT2D eigenvalue weighted by atomic mass is 10.0. The molecule has 0 aliphatic rings. The topological polar surface area (TPSA) is 87.3 Å². The molecule has 2 aromatic rings. The van der Waals surface area contributed by atoms with Gasteiger partial charge < -0.3 is 16.0 Å². The third kappa shape index (κ3) is 4.67. The molecule has 0 bridgehead atoms. The average Bonchev–Trinajstić information content (AvgIpc) is 2.47. The minimum atomic E-state index is -0.231. The van der Waals surface area contributed by atoms with Crippen LogP contribution in [-0.2, 0) is 14.4 Å². The van der Waals surface area contributed by atoms with E-state index in [2.05, 4.69) is 16.0 Å². The molecule has 2 aromatic carbocycles. The number of carbonyl (C=O) groups is 3. The van der Waals surface area contributed by atoms with Crippen molar-refractivity contribution in [3.8, 4) is 11.1 Å². The summed E-state index contributed by atoms with van der Waals surface area (Å²) in [4.78, 5) is 33.9. The van der Waals surface area contributed by atoms with Crippen LogP contribution in [0.4, 0.5) is 17.1 Å². The van der Waals surface area contributed by atoms with Crippen molar-refractivity contribution < 1.29 is 14.4 Å². The van der Waals surface area contributed by atoms with Gasteiger partial charge >= 0.3 is 0 Å². The van der Waals surface area contributed by atoms with Crippen LogP contribution in [0.15, 0.2) is 42.5 Å². The highest BCUT2D eigenvalue weighted by molar-refractivity contribution is 5.99. The van der Waals surface area contributed by atoms with Crippen LogP contribution in [0.2, 0.25) is 0 Å². The van der Waals surface area contributed by atoms with E-state index in [1.165, 1.54) is 20.8 Å². The molecule has 0 atom stereocenters. The molecular formula is C18H19N3O3. The molecule has 6 heteroatoms. The fraction of sp³-hybridized carbons (Fsp3) is 0.167. The van der Waals surface area contributed by atoms with Gasteiger partial charge in [-0.1, -0.05) is 18.2 Å². The van der Waals surface area contributed by atoms with E-state index in [9.17, 15) is 14.4 Å². The smallest absolute Gasteiger partial charge is 0.221 e. The van der Waals surface area contributed by atoms with Gasteiger partial charge in [0, 0.05) is 26.5 Å². The standard InChI is InChI=1S/C18H19N3O3/c1-11(22)19-16-6-4-5-14(9-16)15-7-8-17(20-12(2)23)18(10-15)21-13(3)24/h4-10H,1-3H3,(H,19,22)(H,20,23)(H,21,24). The molecule has 0 saturated carbocycles. The molecule has 0 aromatic heterocycles. The first-order chi connectivity index (χ1) is 11.3. The highest BCUT2D eigenvalue weighted by atomic mass is 16.2. The van der Waals surface area contributed by atoms with Crippen molar-refractivity contribution >= 4 is 34.8 Å². The summed E-state index contributed by atoms with van der Waals surface area (Å²) in [5.74, 6) is -0.597. The average molecular weight is 325 g/mol. The minimum Gasteiger partial charge on any atom is -0.326 e. The van der Waals surface area contributed by atoms with E-state index < -0.39 is 0 Å². The maximum absolute atomic E-state index is 11.4. The van der Waals surface area contributed by atoms with Crippen LogP contribution in [0.1, 0.15) is 20.8 Å². The zero-order valence-corrected chi connectivity index (χ0v) is 13.8. The molecular weight excluding hydrogens is 306 g/mol. The summed E-state index contributed by atoms with van der Waals surface area (Å²) >= 11 is 0. The molecule has 0 fully saturated rings. The zero-order valence-electron chi connectivity index (χ0n) is 13.8. The minimum absolute atomic E-state index is 0.146. The number of nitrogens with one attached hydrogen (secondary N) is 3. The summed E-state index contributed by atoms with van der Waals surface area (Å²) in [7, 11) is 0. The predicted octanol–water partition coefficient (Wildman–Crippen LogP) is 3.23. The first-order valence-corrected chi connectivity index (χ1v) is 7.42. The Balaban J connectivity index is 2.41. The molecule has 2 rings (SSSR count). The normalized spacial score (nSPS) is 9.96. The van der Waals surface area contributed by atoms with Gasteiger partial charge in [0.2, 0.25) is 17.7 Å². The van der Waals surface area contributed by atoms with Gasteiger partial charge in [-0.05, 0) is 35.4 Å². The molecule has 0 radical (unpaired) electrons. The van der Waals surface area contributed by atoms with E-state index >= 15 is 0 Å². The number of amides is 3. The Kier molecular flexibility index (Phi) is 5.31. The van der Waals surface area contributed by atoms with Crippen LogP contribution in [0, 0.1) is 0 Å². The fourth-order valence-corrected chi connectivity index (χ4v) is 2.30. The first-order valence-electron chi connectivity index (χ1n) is 7.42. The van der Waals surface area contributed by atoms with E-state index in [-0.39, 0.29) is 17.7 Å². The Morgan fingerprint density at radius 3 is 1.88 bits per heavy atom. The SMILES string of the molecule is CC(=O)Nc1cccc(-c2ccc(NC(C)=O)c(NC(C)=O)c2)c1.